The van der Waals surface area contributed by atoms with Crippen molar-refractivity contribution in [2.24, 2.45) is 5.84 Å². The summed E-state index contributed by atoms with van der Waals surface area (Å²) in [5.74, 6) is 6.07. The predicted octanol–water partition coefficient (Wildman–Crippen LogP) is 0.613. The fraction of sp³-hybridized carbons (Fsp3) is 0.294. The molecular weight excluding hydrogens is 326 g/mol. The quantitative estimate of drug-likeness (QED) is 0.412. The Hall–Kier alpha value is -3.00. The lowest BCUT2D eigenvalue weighted by Crippen LogP contribution is -2.35. The van der Waals surface area contributed by atoms with Crippen molar-refractivity contribution < 1.29 is 19.0 Å². The SMILES string of the molecule is COc1ccc(OCCn2ccc(=O)c(OCC(=O)NN)c2C)cc1. The fourth-order valence-electron chi connectivity index (χ4n) is 2.18. The highest BCUT2D eigenvalue weighted by molar-refractivity contribution is 5.76. The van der Waals surface area contributed by atoms with Gasteiger partial charge >= 0.3 is 0 Å². The number of aromatic nitrogens is 1. The zero-order chi connectivity index (χ0) is 18.2. The van der Waals surface area contributed by atoms with Gasteiger partial charge in [0, 0.05) is 12.3 Å². The van der Waals surface area contributed by atoms with E-state index in [1.54, 1.807) is 20.2 Å². The Morgan fingerprint density at radius 1 is 1.16 bits per heavy atom. The van der Waals surface area contributed by atoms with Gasteiger partial charge in [-0.05, 0) is 31.2 Å². The van der Waals surface area contributed by atoms with Crippen LogP contribution in [0.2, 0.25) is 0 Å². The van der Waals surface area contributed by atoms with Crippen molar-refractivity contribution in [2.75, 3.05) is 20.3 Å². The first kappa shape index (κ1) is 18.3. The first-order chi connectivity index (χ1) is 12.0. The second-order valence-electron chi connectivity index (χ2n) is 5.17. The summed E-state index contributed by atoms with van der Waals surface area (Å²) in [7, 11) is 1.60. The molecule has 0 aliphatic rings. The van der Waals surface area contributed by atoms with E-state index in [2.05, 4.69) is 0 Å². The van der Waals surface area contributed by atoms with Crippen LogP contribution in [0.15, 0.2) is 41.3 Å². The molecule has 0 fully saturated rings. The number of amides is 1. The molecule has 1 amide bonds. The van der Waals surface area contributed by atoms with Crippen molar-refractivity contribution >= 4 is 5.91 Å². The van der Waals surface area contributed by atoms with Gasteiger partial charge in [0.15, 0.2) is 12.4 Å². The summed E-state index contributed by atoms with van der Waals surface area (Å²) in [6.45, 7) is 2.33. The highest BCUT2D eigenvalue weighted by Gasteiger charge is 2.10. The number of ether oxygens (including phenoxy) is 3. The number of benzene rings is 1. The third kappa shape index (κ3) is 4.98. The lowest BCUT2D eigenvalue weighted by atomic mass is 10.3. The van der Waals surface area contributed by atoms with E-state index >= 15 is 0 Å². The average Bonchev–Trinajstić information content (AvgIpc) is 2.63. The van der Waals surface area contributed by atoms with Crippen molar-refractivity contribution in [3.05, 3.63) is 52.4 Å². The Morgan fingerprint density at radius 3 is 2.48 bits per heavy atom. The van der Waals surface area contributed by atoms with Crippen LogP contribution in [0.3, 0.4) is 0 Å². The van der Waals surface area contributed by atoms with Gasteiger partial charge in [0.2, 0.25) is 5.43 Å². The van der Waals surface area contributed by atoms with Crippen molar-refractivity contribution in [3.63, 3.8) is 0 Å². The summed E-state index contributed by atoms with van der Waals surface area (Å²) >= 11 is 0. The summed E-state index contributed by atoms with van der Waals surface area (Å²) < 4.78 is 17.9. The number of hydrazine groups is 1. The molecule has 8 heteroatoms. The van der Waals surface area contributed by atoms with Crippen LogP contribution >= 0.6 is 0 Å². The molecule has 134 valence electrons. The van der Waals surface area contributed by atoms with E-state index in [9.17, 15) is 9.59 Å². The lowest BCUT2D eigenvalue weighted by molar-refractivity contribution is -0.123. The normalized spacial score (nSPS) is 10.2. The number of rotatable bonds is 8. The van der Waals surface area contributed by atoms with Crippen LogP contribution in [0.4, 0.5) is 0 Å². The smallest absolute Gasteiger partial charge is 0.271 e. The molecule has 0 atom stereocenters. The van der Waals surface area contributed by atoms with E-state index in [4.69, 9.17) is 20.1 Å². The maximum Gasteiger partial charge on any atom is 0.271 e. The Morgan fingerprint density at radius 2 is 1.84 bits per heavy atom. The molecule has 3 N–H and O–H groups in total. The van der Waals surface area contributed by atoms with E-state index in [1.165, 1.54) is 6.07 Å². The van der Waals surface area contributed by atoms with Gasteiger partial charge in [0.05, 0.1) is 19.3 Å². The fourth-order valence-corrected chi connectivity index (χ4v) is 2.18. The zero-order valence-corrected chi connectivity index (χ0v) is 14.2. The Kier molecular flexibility index (Phi) is 6.41. The predicted molar refractivity (Wildman–Crippen MR) is 91.8 cm³/mol. The van der Waals surface area contributed by atoms with Gasteiger partial charge in [-0.15, -0.1) is 0 Å². The second-order valence-corrected chi connectivity index (χ2v) is 5.17. The highest BCUT2D eigenvalue weighted by atomic mass is 16.5. The van der Waals surface area contributed by atoms with Gasteiger partial charge in [0.25, 0.3) is 5.91 Å². The number of hydrogen-bond donors (Lipinski definition) is 2. The molecule has 1 heterocycles. The highest BCUT2D eigenvalue weighted by Crippen LogP contribution is 2.17. The van der Waals surface area contributed by atoms with Gasteiger partial charge in [-0.25, -0.2) is 5.84 Å². The minimum atomic E-state index is -0.517. The minimum absolute atomic E-state index is 0.121. The van der Waals surface area contributed by atoms with E-state index in [0.717, 1.165) is 11.5 Å². The third-order valence-corrected chi connectivity index (χ3v) is 3.56. The van der Waals surface area contributed by atoms with Crippen molar-refractivity contribution in [2.45, 2.75) is 13.5 Å². The number of pyridine rings is 1. The molecule has 2 rings (SSSR count). The minimum Gasteiger partial charge on any atom is -0.497 e. The molecule has 0 bridgehead atoms. The van der Waals surface area contributed by atoms with Crippen LogP contribution < -0.4 is 30.9 Å². The van der Waals surface area contributed by atoms with Crippen LogP contribution in [-0.4, -0.2) is 30.8 Å². The molecule has 2 aromatic rings. The monoisotopic (exact) mass is 347 g/mol. The molecule has 0 saturated carbocycles. The van der Waals surface area contributed by atoms with Crippen LogP contribution in [-0.2, 0) is 11.3 Å². The second kappa shape index (κ2) is 8.74. The Bertz CT molecular complexity index is 771. The van der Waals surface area contributed by atoms with Crippen LogP contribution in [0.25, 0.3) is 0 Å². The molecule has 25 heavy (non-hydrogen) atoms. The average molecular weight is 347 g/mol. The van der Waals surface area contributed by atoms with Crippen LogP contribution in [0.5, 0.6) is 17.2 Å². The first-order valence-electron chi connectivity index (χ1n) is 7.64. The molecule has 0 aliphatic heterocycles. The van der Waals surface area contributed by atoms with Gasteiger partial charge in [-0.1, -0.05) is 0 Å². The third-order valence-electron chi connectivity index (χ3n) is 3.56. The van der Waals surface area contributed by atoms with Gasteiger partial charge in [0.1, 0.15) is 18.1 Å². The summed E-state index contributed by atoms with van der Waals surface area (Å²) in [5.41, 5.74) is 2.26. The number of methoxy groups -OCH3 is 1. The van der Waals surface area contributed by atoms with Crippen LogP contribution in [0, 0.1) is 6.92 Å². The largest absolute Gasteiger partial charge is 0.497 e. The summed E-state index contributed by atoms with van der Waals surface area (Å²) in [5, 5.41) is 0. The molecular formula is C17H21N3O5. The topological polar surface area (TPSA) is 105 Å². The molecule has 0 saturated heterocycles. The summed E-state index contributed by atoms with van der Waals surface area (Å²) in [4.78, 5) is 23.1. The standard InChI is InChI=1S/C17H21N3O5/c1-12-17(25-11-16(22)19-18)15(21)7-8-20(12)9-10-24-14-5-3-13(23-2)4-6-14/h3-8H,9-11,18H2,1-2H3,(H,19,22). The Labute approximate surface area is 145 Å². The van der Waals surface area contributed by atoms with E-state index in [0.29, 0.717) is 18.8 Å². The number of hydrogen-bond acceptors (Lipinski definition) is 6. The Balaban J connectivity index is 1.99. The van der Waals surface area contributed by atoms with E-state index < -0.39 is 5.91 Å². The molecule has 0 radical (unpaired) electrons. The maximum atomic E-state index is 11.9. The maximum absolute atomic E-state index is 11.9. The first-order valence-corrected chi connectivity index (χ1v) is 7.64. The summed E-state index contributed by atoms with van der Waals surface area (Å²) in [6, 6.07) is 8.65. The molecule has 1 aromatic heterocycles. The van der Waals surface area contributed by atoms with Crippen LogP contribution in [0.1, 0.15) is 5.69 Å². The molecule has 8 nitrogen and oxygen atoms in total. The lowest BCUT2D eigenvalue weighted by Gasteiger charge is -2.15. The molecule has 0 aliphatic carbocycles. The number of carbonyl (C=O) groups is 1. The number of nitrogens with one attached hydrogen (secondary N) is 1. The van der Waals surface area contributed by atoms with Crippen molar-refractivity contribution in [1.82, 2.24) is 9.99 Å². The molecule has 1 aromatic carbocycles. The van der Waals surface area contributed by atoms with E-state index in [-0.39, 0.29) is 17.8 Å². The van der Waals surface area contributed by atoms with Gasteiger partial charge < -0.3 is 18.8 Å². The van der Waals surface area contributed by atoms with Crippen molar-refractivity contribution in [1.29, 1.82) is 0 Å². The van der Waals surface area contributed by atoms with Gasteiger partial charge in [-0.3, -0.25) is 15.0 Å². The molecule has 0 unspecified atom stereocenters. The molecule has 0 spiro atoms. The zero-order valence-electron chi connectivity index (χ0n) is 14.2. The van der Waals surface area contributed by atoms with Crippen molar-refractivity contribution in [3.8, 4) is 17.2 Å². The van der Waals surface area contributed by atoms with Gasteiger partial charge in [-0.2, -0.15) is 0 Å². The summed E-state index contributed by atoms with van der Waals surface area (Å²) in [6.07, 6.45) is 1.66. The van der Waals surface area contributed by atoms with E-state index in [1.807, 2.05) is 34.3 Å². The number of carbonyl (C=O) groups excluding carboxylic acids is 1. The number of nitrogens with zero attached hydrogens (tertiary/aromatic N) is 1. The number of nitrogens with two attached hydrogens (primary N) is 1.